The quantitative estimate of drug-likeness (QED) is 0.123. The van der Waals surface area contributed by atoms with Crippen molar-refractivity contribution in [1.29, 1.82) is 0 Å². The topological polar surface area (TPSA) is 172 Å². The number of nitrogen functional groups attached to an aromatic ring is 1. The predicted molar refractivity (Wildman–Crippen MR) is 168 cm³/mol. The highest BCUT2D eigenvalue weighted by molar-refractivity contribution is 7.92. The molecule has 0 amide bonds. The molecule has 0 saturated heterocycles. The van der Waals surface area contributed by atoms with Crippen LogP contribution in [0, 0.1) is 10.1 Å². The van der Waals surface area contributed by atoms with Crippen molar-refractivity contribution in [3.05, 3.63) is 130 Å². The fourth-order valence-corrected chi connectivity index (χ4v) is 6.61. The number of anilines is 1. The van der Waals surface area contributed by atoms with Gasteiger partial charge in [0.2, 0.25) is 0 Å². The third-order valence-corrected chi connectivity index (χ3v) is 9.80. The van der Waals surface area contributed by atoms with Gasteiger partial charge in [0, 0.05) is 30.7 Å². The van der Waals surface area contributed by atoms with Gasteiger partial charge in [-0.25, -0.2) is 16.8 Å². The number of sulfone groups is 2. The molecule has 0 aromatic heterocycles. The van der Waals surface area contributed by atoms with E-state index < -0.39 is 36.1 Å². The fraction of sp³-hybridized carbons (Fsp3) is 0.188. The third-order valence-electron chi connectivity index (χ3n) is 6.42. The summed E-state index contributed by atoms with van der Waals surface area (Å²) in [6.07, 6.45) is 1.39. The van der Waals surface area contributed by atoms with E-state index >= 15 is 0 Å². The molecule has 12 heteroatoms. The summed E-state index contributed by atoms with van der Waals surface area (Å²) in [6.45, 7) is 0. The van der Waals surface area contributed by atoms with E-state index in [9.17, 15) is 36.5 Å². The molecule has 4 aromatic rings. The molecule has 0 radical (unpaired) electrons. The molecule has 10 nitrogen and oxygen atoms in total. The molecule has 4 rings (SSSR count). The number of nitro benzene ring substituents is 1. The molecular weight excluding hydrogens is 604 g/mol. The molecule has 0 heterocycles. The molecule has 0 spiro atoms. The highest BCUT2D eigenvalue weighted by atomic mass is 32.2. The van der Waals surface area contributed by atoms with Crippen molar-refractivity contribution in [3.8, 4) is 0 Å². The number of nitrogens with zero attached hydrogens (tertiary/aromatic N) is 1. The minimum absolute atomic E-state index is 0.0869. The summed E-state index contributed by atoms with van der Waals surface area (Å²) in [7, 11) is -7.36. The van der Waals surface area contributed by atoms with E-state index in [4.69, 9.17) is 5.73 Å². The van der Waals surface area contributed by atoms with Crippen LogP contribution in [0.2, 0.25) is 0 Å². The Kier molecular flexibility index (Phi) is 12.1. The number of benzene rings is 4. The number of non-ortho nitro benzene ring substituents is 1. The summed E-state index contributed by atoms with van der Waals surface area (Å²) < 4.78 is 48.5. The Morgan fingerprint density at radius 2 is 0.955 bits per heavy atom. The average molecular weight is 637 g/mol. The number of aryl methyl sites for hydroxylation is 2. The van der Waals surface area contributed by atoms with Gasteiger partial charge in [-0.15, -0.1) is 0 Å². The van der Waals surface area contributed by atoms with E-state index in [1.165, 1.54) is 24.3 Å². The van der Waals surface area contributed by atoms with E-state index in [2.05, 4.69) is 0 Å². The van der Waals surface area contributed by atoms with Gasteiger partial charge >= 0.3 is 0 Å². The number of nitro groups is 1. The second-order valence-electron chi connectivity index (χ2n) is 9.89. The van der Waals surface area contributed by atoms with Crippen molar-refractivity contribution in [2.75, 3.05) is 17.2 Å². The normalized spacial score (nSPS) is 11.2. The van der Waals surface area contributed by atoms with E-state index in [1.807, 2.05) is 60.7 Å². The van der Waals surface area contributed by atoms with Gasteiger partial charge in [0.05, 0.1) is 14.7 Å². The summed E-state index contributed by atoms with van der Waals surface area (Å²) in [4.78, 5) is 33.8. The van der Waals surface area contributed by atoms with Gasteiger partial charge in [-0.05, 0) is 60.4 Å². The van der Waals surface area contributed by atoms with Gasteiger partial charge < -0.3 is 5.73 Å². The zero-order valence-electron chi connectivity index (χ0n) is 23.7. The maximum Gasteiger partial charge on any atom is 0.269 e. The van der Waals surface area contributed by atoms with Gasteiger partial charge in [0.15, 0.2) is 19.7 Å². The number of hydrogen-bond acceptors (Lipinski definition) is 9. The molecule has 0 atom stereocenters. The SMILES string of the molecule is Nc1ccc(S(=O)(=O)CC(=O)CCc2ccccc2)cc1.O=C(CCc1ccccc1)CS(=O)(=O)c1ccc([N+](=O)[O-])cc1. The molecule has 230 valence electrons. The average Bonchev–Trinajstić information content (AvgIpc) is 3.00. The first-order chi connectivity index (χ1) is 20.9. The van der Waals surface area contributed by atoms with Crippen molar-refractivity contribution in [1.82, 2.24) is 0 Å². The molecule has 0 saturated carbocycles. The molecule has 2 N–H and O–H groups in total. The Hall–Kier alpha value is -4.68. The van der Waals surface area contributed by atoms with Gasteiger partial charge in [0.25, 0.3) is 5.69 Å². The number of nitrogens with two attached hydrogens (primary N) is 1. The predicted octanol–water partition coefficient (Wildman–Crippen LogP) is 4.81. The second kappa shape index (κ2) is 15.7. The molecule has 0 aliphatic heterocycles. The Morgan fingerprint density at radius 1 is 0.591 bits per heavy atom. The van der Waals surface area contributed by atoms with Crippen LogP contribution in [0.15, 0.2) is 119 Å². The maximum atomic E-state index is 12.1. The largest absolute Gasteiger partial charge is 0.399 e. The Balaban J connectivity index is 0.000000241. The van der Waals surface area contributed by atoms with E-state index in [1.54, 1.807) is 0 Å². The summed E-state index contributed by atoms with van der Waals surface area (Å²) in [5.74, 6) is -1.73. The number of Topliss-reactive ketones (excluding diaryl/α,β-unsaturated/α-hetero) is 2. The minimum atomic E-state index is -3.78. The zero-order valence-corrected chi connectivity index (χ0v) is 25.4. The lowest BCUT2D eigenvalue weighted by atomic mass is 10.1. The van der Waals surface area contributed by atoms with E-state index in [0.29, 0.717) is 18.5 Å². The standard InChI is InChI=1S/C16H15NO5S.C16H17NO3S/c18-15(9-6-13-4-2-1-3-5-13)12-23(21,22)16-10-7-14(8-11-16)17(19)20;17-14-7-10-16(11-8-14)21(19,20)12-15(18)9-6-13-4-2-1-3-5-13/h1-5,7-8,10-11H,6,9,12H2;1-5,7-8,10-11H,6,9,12,17H2. The number of ketones is 2. The summed E-state index contributed by atoms with van der Waals surface area (Å²) >= 11 is 0. The summed E-state index contributed by atoms with van der Waals surface area (Å²) in [5, 5.41) is 10.6. The van der Waals surface area contributed by atoms with Crippen molar-refractivity contribution in [2.45, 2.75) is 35.5 Å². The highest BCUT2D eigenvalue weighted by Crippen LogP contribution is 2.18. The molecule has 0 bridgehead atoms. The zero-order chi connectivity index (χ0) is 32.2. The number of carbonyl (C=O) groups excluding carboxylic acids is 2. The van der Waals surface area contributed by atoms with Gasteiger partial charge in [-0.3, -0.25) is 19.7 Å². The molecule has 4 aromatic carbocycles. The Labute approximate surface area is 256 Å². The van der Waals surface area contributed by atoms with Gasteiger partial charge in [0.1, 0.15) is 23.1 Å². The lowest BCUT2D eigenvalue weighted by molar-refractivity contribution is -0.384. The Morgan fingerprint density at radius 3 is 1.32 bits per heavy atom. The van der Waals surface area contributed by atoms with Crippen LogP contribution >= 0.6 is 0 Å². The fourth-order valence-electron chi connectivity index (χ4n) is 4.04. The minimum Gasteiger partial charge on any atom is -0.399 e. The van der Waals surface area contributed by atoms with Crippen molar-refractivity contribution < 1.29 is 31.3 Å². The Bertz CT molecular complexity index is 1770. The van der Waals surface area contributed by atoms with E-state index in [-0.39, 0.29) is 39.9 Å². The molecule has 0 aliphatic rings. The number of carbonyl (C=O) groups is 2. The lowest BCUT2D eigenvalue weighted by Gasteiger charge is -2.05. The summed E-state index contributed by atoms with van der Waals surface area (Å²) in [6, 6.07) is 29.3. The van der Waals surface area contributed by atoms with Crippen LogP contribution in [0.1, 0.15) is 24.0 Å². The number of hydrogen-bond donors (Lipinski definition) is 1. The first-order valence-corrected chi connectivity index (χ1v) is 16.8. The summed E-state index contributed by atoms with van der Waals surface area (Å²) in [5.41, 5.74) is 7.81. The molecule has 0 fully saturated rings. The monoisotopic (exact) mass is 636 g/mol. The molecule has 0 aliphatic carbocycles. The van der Waals surface area contributed by atoms with Crippen LogP contribution in [0.25, 0.3) is 0 Å². The third kappa shape index (κ3) is 10.9. The second-order valence-corrected chi connectivity index (χ2v) is 13.9. The van der Waals surface area contributed by atoms with Crippen LogP contribution in [-0.2, 0) is 42.1 Å². The lowest BCUT2D eigenvalue weighted by Crippen LogP contribution is -2.16. The number of rotatable bonds is 13. The van der Waals surface area contributed by atoms with Crippen LogP contribution in [0.3, 0.4) is 0 Å². The first kappa shape index (κ1) is 33.8. The van der Waals surface area contributed by atoms with Crippen LogP contribution in [-0.4, -0.2) is 44.8 Å². The first-order valence-electron chi connectivity index (χ1n) is 13.5. The maximum absolute atomic E-state index is 12.1. The van der Waals surface area contributed by atoms with Crippen LogP contribution in [0.4, 0.5) is 11.4 Å². The molecule has 44 heavy (non-hydrogen) atoms. The highest BCUT2D eigenvalue weighted by Gasteiger charge is 2.21. The smallest absolute Gasteiger partial charge is 0.269 e. The van der Waals surface area contributed by atoms with Gasteiger partial charge in [-0.2, -0.15) is 0 Å². The molecule has 0 unspecified atom stereocenters. The van der Waals surface area contributed by atoms with Crippen LogP contribution < -0.4 is 5.73 Å². The van der Waals surface area contributed by atoms with E-state index in [0.717, 1.165) is 35.4 Å². The van der Waals surface area contributed by atoms with Crippen molar-refractivity contribution in [2.24, 2.45) is 0 Å². The van der Waals surface area contributed by atoms with Crippen molar-refractivity contribution in [3.63, 3.8) is 0 Å². The molecular formula is C32H32N2O8S2. The van der Waals surface area contributed by atoms with Crippen molar-refractivity contribution >= 4 is 42.6 Å². The van der Waals surface area contributed by atoms with Gasteiger partial charge in [-0.1, -0.05) is 60.7 Å². The van der Waals surface area contributed by atoms with Crippen LogP contribution in [0.5, 0.6) is 0 Å².